The third-order valence-corrected chi connectivity index (χ3v) is 8.13. The molecule has 1 aliphatic rings. The first-order valence-corrected chi connectivity index (χ1v) is 15.2. The molecule has 1 aromatic carbocycles. The van der Waals surface area contributed by atoms with Gasteiger partial charge in [0, 0.05) is 50.7 Å². The lowest BCUT2D eigenvalue weighted by molar-refractivity contribution is -0.137. The third-order valence-electron chi connectivity index (χ3n) is 8.13. The van der Waals surface area contributed by atoms with E-state index in [2.05, 4.69) is 10.6 Å². The number of phenolic OH excluding ortho intramolecular Hbond substituents is 1. The summed E-state index contributed by atoms with van der Waals surface area (Å²) in [7, 11) is 0. The van der Waals surface area contributed by atoms with Crippen LogP contribution in [0, 0.1) is 12.8 Å². The van der Waals surface area contributed by atoms with Gasteiger partial charge >= 0.3 is 0 Å². The number of Topliss-reactive ketones (excluding diaryl/α,β-unsaturated/α-hetero) is 1. The molecule has 2 unspecified atom stereocenters. The number of aromatic nitrogens is 1. The number of allylic oxidation sites excluding steroid dienone is 1. The first-order valence-electron chi connectivity index (χ1n) is 15.2. The summed E-state index contributed by atoms with van der Waals surface area (Å²) >= 11 is 0. The van der Waals surface area contributed by atoms with Crippen LogP contribution >= 0.6 is 0 Å². The van der Waals surface area contributed by atoms with Gasteiger partial charge in [-0.25, -0.2) is 0 Å². The molecule has 0 spiro atoms. The van der Waals surface area contributed by atoms with E-state index in [1.165, 1.54) is 24.5 Å². The molecule has 2 aromatic rings. The number of aromatic hydroxyl groups is 2. The number of benzene rings is 1. The van der Waals surface area contributed by atoms with E-state index in [0.29, 0.717) is 16.8 Å². The number of carbonyl (C=O) groups excluding carboxylic acids is 4. The van der Waals surface area contributed by atoms with Gasteiger partial charge in [-0.15, -0.1) is 0 Å². The zero-order valence-electron chi connectivity index (χ0n) is 27.5. The molecule has 1 aromatic heterocycles. The van der Waals surface area contributed by atoms with E-state index >= 15 is 0 Å². The van der Waals surface area contributed by atoms with Crippen LogP contribution in [-0.2, 0) is 43.0 Å². The number of ketones is 2. The minimum atomic E-state index is -1.13. The number of carbonyl (C=O) groups is 4. The Labute approximate surface area is 264 Å². The van der Waals surface area contributed by atoms with Gasteiger partial charge in [-0.1, -0.05) is 53.7 Å². The van der Waals surface area contributed by atoms with Crippen molar-refractivity contribution < 1.29 is 29.4 Å². The summed E-state index contributed by atoms with van der Waals surface area (Å²) in [5.74, 6) is -3.40. The standard InChI is InChI=1S/C34H46N4O7/c1-20-28(41)26(39)9-13-37(20)15-11-35-31(44)23(32(45)36-12-16-38-14-10-27(40)29(42)21(38)2)17-22-18-24(33(3,4)5)30(43)25(19-22)34(6,7)8/h9-10,13-14,18-20,23,42-43H,11-12,15-17H2,1-8H3,(H,35,44)(H,36,45). The molecular weight excluding hydrogens is 576 g/mol. The van der Waals surface area contributed by atoms with Crippen LogP contribution in [0.25, 0.3) is 0 Å². The summed E-state index contributed by atoms with van der Waals surface area (Å²) in [5, 5.41) is 26.8. The number of hydrogen-bond donors (Lipinski definition) is 4. The van der Waals surface area contributed by atoms with Crippen LogP contribution in [0.3, 0.4) is 0 Å². The fourth-order valence-electron chi connectivity index (χ4n) is 5.25. The second kappa shape index (κ2) is 13.7. The molecule has 2 amide bonds. The Morgan fingerprint density at radius 2 is 1.42 bits per heavy atom. The molecule has 2 heterocycles. The summed E-state index contributed by atoms with van der Waals surface area (Å²) in [4.78, 5) is 64.3. The van der Waals surface area contributed by atoms with Crippen LogP contribution in [0.5, 0.6) is 11.5 Å². The van der Waals surface area contributed by atoms with Gasteiger partial charge in [0.25, 0.3) is 0 Å². The largest absolute Gasteiger partial charge is 0.507 e. The van der Waals surface area contributed by atoms with Gasteiger partial charge in [-0.2, -0.15) is 0 Å². The van der Waals surface area contributed by atoms with Crippen molar-refractivity contribution in [2.24, 2.45) is 5.92 Å². The van der Waals surface area contributed by atoms with Gasteiger partial charge < -0.3 is 30.3 Å². The second-order valence-corrected chi connectivity index (χ2v) is 13.6. The summed E-state index contributed by atoms with van der Waals surface area (Å²) in [5.41, 5.74) is 1.20. The molecule has 0 aliphatic carbocycles. The molecule has 0 bridgehead atoms. The Balaban J connectivity index is 1.86. The number of nitrogens with one attached hydrogen (secondary N) is 2. The predicted octanol–water partition coefficient (Wildman–Crippen LogP) is 2.61. The van der Waals surface area contributed by atoms with Gasteiger partial charge in [0.15, 0.2) is 5.75 Å². The van der Waals surface area contributed by atoms with E-state index in [9.17, 15) is 34.2 Å². The Morgan fingerprint density at radius 3 is 1.96 bits per heavy atom. The summed E-state index contributed by atoms with van der Waals surface area (Å²) in [6.45, 7) is 15.9. The minimum absolute atomic E-state index is 0.0644. The Hall–Kier alpha value is -4.41. The second-order valence-electron chi connectivity index (χ2n) is 13.6. The lowest BCUT2D eigenvalue weighted by Crippen LogP contribution is -2.47. The molecular formula is C34H46N4O7. The number of pyridine rings is 1. The SMILES string of the molecule is Cc1c(O)c(=O)ccn1CCNC(=O)C(Cc1cc(C(C)(C)C)c(O)c(C(C)(C)C)c1)C(=O)NCCN1C=CC(=O)C(=O)C1C. The predicted molar refractivity (Wildman–Crippen MR) is 171 cm³/mol. The molecule has 1 aliphatic heterocycles. The molecule has 4 N–H and O–H groups in total. The maximum absolute atomic E-state index is 13.6. The van der Waals surface area contributed by atoms with Gasteiger partial charge in [0.1, 0.15) is 11.7 Å². The number of nitrogens with zero attached hydrogens (tertiary/aromatic N) is 2. The number of hydrogen-bond acceptors (Lipinski definition) is 8. The summed E-state index contributed by atoms with van der Waals surface area (Å²) < 4.78 is 1.64. The van der Waals surface area contributed by atoms with Crippen molar-refractivity contribution in [3.63, 3.8) is 0 Å². The highest BCUT2D eigenvalue weighted by Crippen LogP contribution is 2.40. The van der Waals surface area contributed by atoms with Crippen LogP contribution in [0.1, 0.15) is 70.9 Å². The fourth-order valence-corrected chi connectivity index (χ4v) is 5.25. The van der Waals surface area contributed by atoms with Crippen molar-refractivity contribution in [1.82, 2.24) is 20.1 Å². The van der Waals surface area contributed by atoms with Crippen molar-refractivity contribution >= 4 is 23.4 Å². The quantitative estimate of drug-likeness (QED) is 0.233. The molecule has 2 atom stereocenters. The molecule has 45 heavy (non-hydrogen) atoms. The fraction of sp³-hybridized carbons (Fsp3) is 0.500. The zero-order chi connectivity index (χ0) is 33.9. The first kappa shape index (κ1) is 35.1. The van der Waals surface area contributed by atoms with Crippen LogP contribution in [0.2, 0.25) is 0 Å². The molecule has 244 valence electrons. The smallest absolute Gasteiger partial charge is 0.232 e. The van der Waals surface area contributed by atoms with E-state index in [4.69, 9.17) is 0 Å². The topological polar surface area (TPSA) is 158 Å². The average molecular weight is 623 g/mol. The normalized spacial score (nSPS) is 16.1. The van der Waals surface area contributed by atoms with E-state index in [-0.39, 0.29) is 44.1 Å². The Morgan fingerprint density at radius 1 is 0.889 bits per heavy atom. The van der Waals surface area contributed by atoms with Crippen LogP contribution in [-0.4, -0.2) is 68.7 Å². The molecule has 11 heteroatoms. The highest BCUT2D eigenvalue weighted by molar-refractivity contribution is 6.43. The van der Waals surface area contributed by atoms with Crippen LogP contribution < -0.4 is 16.1 Å². The summed E-state index contributed by atoms with van der Waals surface area (Å²) in [6, 6.07) is 4.27. The third kappa shape index (κ3) is 8.40. The van der Waals surface area contributed by atoms with Crippen molar-refractivity contribution in [1.29, 1.82) is 0 Å². The van der Waals surface area contributed by atoms with Gasteiger partial charge in [0.05, 0.1) is 11.7 Å². The molecule has 0 saturated heterocycles. The van der Waals surface area contributed by atoms with Gasteiger partial charge in [0.2, 0.25) is 28.8 Å². The minimum Gasteiger partial charge on any atom is -0.507 e. The lowest BCUT2D eigenvalue weighted by atomic mass is 9.77. The molecule has 3 rings (SSSR count). The molecule has 11 nitrogen and oxygen atoms in total. The molecule has 0 radical (unpaired) electrons. The highest BCUT2D eigenvalue weighted by atomic mass is 16.3. The number of amides is 2. The van der Waals surface area contributed by atoms with Crippen LogP contribution in [0.15, 0.2) is 41.5 Å². The van der Waals surface area contributed by atoms with E-state index < -0.39 is 51.6 Å². The molecule has 0 fully saturated rings. The lowest BCUT2D eigenvalue weighted by Gasteiger charge is -2.29. The number of phenols is 1. The zero-order valence-corrected chi connectivity index (χ0v) is 27.5. The van der Waals surface area contributed by atoms with E-state index in [1.54, 1.807) is 23.3 Å². The van der Waals surface area contributed by atoms with Crippen molar-refractivity contribution in [3.05, 3.63) is 69.3 Å². The average Bonchev–Trinajstić information content (AvgIpc) is 2.95. The monoisotopic (exact) mass is 622 g/mol. The van der Waals surface area contributed by atoms with Gasteiger partial charge in [-0.05, 0) is 47.8 Å². The Bertz CT molecular complexity index is 1520. The number of rotatable bonds is 10. The highest BCUT2D eigenvalue weighted by Gasteiger charge is 2.32. The van der Waals surface area contributed by atoms with E-state index in [0.717, 1.165) is 5.56 Å². The van der Waals surface area contributed by atoms with Crippen LogP contribution in [0.4, 0.5) is 0 Å². The maximum atomic E-state index is 13.6. The van der Waals surface area contributed by atoms with Crippen molar-refractivity contribution in [2.45, 2.75) is 85.2 Å². The van der Waals surface area contributed by atoms with Crippen molar-refractivity contribution in [2.75, 3.05) is 19.6 Å². The molecule has 0 saturated carbocycles. The van der Waals surface area contributed by atoms with Crippen molar-refractivity contribution in [3.8, 4) is 11.5 Å². The van der Waals surface area contributed by atoms with E-state index in [1.807, 2.05) is 53.7 Å². The first-order chi connectivity index (χ1) is 20.8. The summed E-state index contributed by atoms with van der Waals surface area (Å²) in [6.07, 6.45) is 4.32. The Kier molecular flexibility index (Phi) is 10.7. The maximum Gasteiger partial charge on any atom is 0.232 e. The van der Waals surface area contributed by atoms with Gasteiger partial charge in [-0.3, -0.25) is 24.0 Å².